The minimum atomic E-state index is -0.536. The molecule has 3 fully saturated rings. The Kier molecular flexibility index (Phi) is 6.95. The summed E-state index contributed by atoms with van der Waals surface area (Å²) in [5.41, 5.74) is 5.41. The van der Waals surface area contributed by atoms with Crippen LogP contribution in [0.1, 0.15) is 71.4 Å². The molecule has 6 heterocycles. The van der Waals surface area contributed by atoms with Crippen LogP contribution in [0.2, 0.25) is 0 Å². The normalized spacial score (nSPS) is 23.8. The molecule has 1 aliphatic carbocycles. The number of halogens is 1. The van der Waals surface area contributed by atoms with Gasteiger partial charge in [0.15, 0.2) is 11.6 Å². The SMILES string of the molecule is CC(C)n1cnc2cc(-c3ccc4c(c3)N([C@H]3C[C@@H](N5CCC(C)(C)C5)C3)C(=O)C43CCOCC3)nc(Nc3ccncc3F)c21. The van der Waals surface area contributed by atoms with Crippen molar-refractivity contribution in [3.63, 3.8) is 0 Å². The first-order chi connectivity index (χ1) is 22.1. The zero-order chi connectivity index (χ0) is 31.8. The van der Waals surface area contributed by atoms with Crippen LogP contribution < -0.4 is 10.2 Å². The molecule has 4 aromatic rings. The van der Waals surface area contributed by atoms with Gasteiger partial charge >= 0.3 is 0 Å². The number of carbonyl (C=O) groups is 1. The number of likely N-dealkylation sites (tertiary alicyclic amines) is 1. The van der Waals surface area contributed by atoms with E-state index in [-0.39, 0.29) is 18.0 Å². The lowest BCUT2D eigenvalue weighted by Gasteiger charge is -2.46. The second kappa shape index (κ2) is 10.8. The number of benzene rings is 1. The number of imidazole rings is 1. The highest BCUT2D eigenvalue weighted by molar-refractivity contribution is 6.09. The van der Waals surface area contributed by atoms with Crippen molar-refractivity contribution in [1.29, 1.82) is 0 Å². The van der Waals surface area contributed by atoms with Crippen LogP contribution in [0.3, 0.4) is 0 Å². The van der Waals surface area contributed by atoms with Crippen LogP contribution in [0.5, 0.6) is 0 Å². The third-order valence-corrected chi connectivity index (χ3v) is 10.9. The lowest BCUT2D eigenvalue weighted by atomic mass is 9.75. The van der Waals surface area contributed by atoms with Gasteiger partial charge in [-0.1, -0.05) is 26.0 Å². The van der Waals surface area contributed by atoms with Crippen LogP contribution in [-0.4, -0.2) is 68.7 Å². The van der Waals surface area contributed by atoms with Crippen molar-refractivity contribution in [2.24, 2.45) is 5.41 Å². The molecule has 0 radical (unpaired) electrons. The molecule has 1 spiro atoms. The summed E-state index contributed by atoms with van der Waals surface area (Å²) in [6.45, 7) is 12.3. The van der Waals surface area contributed by atoms with E-state index in [4.69, 9.17) is 14.7 Å². The van der Waals surface area contributed by atoms with Crippen LogP contribution in [0.4, 0.5) is 21.6 Å². The highest BCUT2D eigenvalue weighted by atomic mass is 19.1. The monoisotopic (exact) mass is 623 g/mol. The van der Waals surface area contributed by atoms with Gasteiger partial charge in [-0.2, -0.15) is 0 Å². The maximum atomic E-state index is 14.7. The third-order valence-electron chi connectivity index (χ3n) is 10.9. The molecular formula is C36H42FN7O2. The van der Waals surface area contributed by atoms with Crippen LogP contribution in [0, 0.1) is 11.2 Å². The number of nitrogens with zero attached hydrogens (tertiary/aromatic N) is 6. The molecule has 3 aliphatic heterocycles. The van der Waals surface area contributed by atoms with Gasteiger partial charge in [-0.05, 0) is 81.7 Å². The second-order valence-electron chi connectivity index (χ2n) is 14.7. The molecule has 1 saturated carbocycles. The summed E-state index contributed by atoms with van der Waals surface area (Å²) in [7, 11) is 0. The number of ether oxygens (including phenoxy) is 1. The third kappa shape index (κ3) is 4.71. The minimum absolute atomic E-state index is 0.133. The highest BCUT2D eigenvalue weighted by Gasteiger charge is 2.55. The fourth-order valence-electron chi connectivity index (χ4n) is 8.14. The number of nitrogens with one attached hydrogen (secondary N) is 1. The molecule has 2 saturated heterocycles. The number of carbonyl (C=O) groups excluding carboxylic acids is 1. The Balaban J connectivity index is 1.19. The van der Waals surface area contributed by atoms with E-state index in [1.54, 1.807) is 18.6 Å². The summed E-state index contributed by atoms with van der Waals surface area (Å²) < 4.78 is 22.5. The number of pyridine rings is 2. The van der Waals surface area contributed by atoms with Gasteiger partial charge in [0.05, 0.1) is 34.8 Å². The fourth-order valence-corrected chi connectivity index (χ4v) is 8.14. The number of hydrogen-bond donors (Lipinski definition) is 1. The molecule has 1 N–H and O–H groups in total. The predicted octanol–water partition coefficient (Wildman–Crippen LogP) is 6.61. The first-order valence-electron chi connectivity index (χ1n) is 16.7. The molecule has 8 rings (SSSR count). The van der Waals surface area contributed by atoms with Crippen LogP contribution >= 0.6 is 0 Å². The molecule has 9 nitrogen and oxygen atoms in total. The fraction of sp³-hybridized carbons (Fsp3) is 0.500. The number of aromatic nitrogens is 4. The van der Waals surface area contributed by atoms with Gasteiger partial charge in [-0.3, -0.25) is 14.7 Å². The molecule has 46 heavy (non-hydrogen) atoms. The minimum Gasteiger partial charge on any atom is -0.381 e. The Morgan fingerprint density at radius 3 is 2.59 bits per heavy atom. The number of hydrogen-bond acceptors (Lipinski definition) is 7. The van der Waals surface area contributed by atoms with E-state index in [2.05, 4.69) is 66.0 Å². The van der Waals surface area contributed by atoms with Crippen LogP contribution in [-0.2, 0) is 14.9 Å². The standard InChI is InChI=1S/C36H42FN7O2/c1-22(2)43-21-39-30-18-29(41-33(32(30)43)40-28-7-11-38-19-27(28)37)23-5-6-26-31(15-23)44(34(45)36(26)9-13-46-14-10-36)25-16-24(17-25)42-12-8-35(3,4)20-42/h5-7,11,15,18-19,21-22,24-25H,8-10,12-14,16-17,20H2,1-4H3,(H,38,40,41)/t24-,25+. The molecular weight excluding hydrogens is 581 g/mol. The van der Waals surface area contributed by atoms with E-state index in [0.29, 0.717) is 54.7 Å². The van der Waals surface area contributed by atoms with Crippen molar-refractivity contribution < 1.29 is 13.9 Å². The Hall–Kier alpha value is -3.89. The van der Waals surface area contributed by atoms with Gasteiger partial charge in [0, 0.05) is 55.3 Å². The van der Waals surface area contributed by atoms with Crippen molar-refractivity contribution in [1.82, 2.24) is 24.4 Å². The number of rotatable bonds is 6. The summed E-state index contributed by atoms with van der Waals surface area (Å²) in [4.78, 5) is 32.9. The molecule has 0 atom stereocenters. The molecule has 0 unspecified atom stereocenters. The Morgan fingerprint density at radius 1 is 1.07 bits per heavy atom. The topological polar surface area (TPSA) is 88.4 Å². The molecule has 0 bridgehead atoms. The van der Waals surface area contributed by atoms with E-state index in [1.165, 1.54) is 12.6 Å². The second-order valence-corrected chi connectivity index (χ2v) is 14.7. The van der Waals surface area contributed by atoms with Gasteiger partial charge < -0.3 is 19.5 Å². The Bertz CT molecular complexity index is 1820. The molecule has 4 aliphatic rings. The molecule has 1 amide bonds. The summed E-state index contributed by atoms with van der Waals surface area (Å²) in [6.07, 6.45) is 9.18. The molecule has 1 aromatic carbocycles. The largest absolute Gasteiger partial charge is 0.381 e. The maximum Gasteiger partial charge on any atom is 0.238 e. The first kappa shape index (κ1) is 29.5. The van der Waals surface area contributed by atoms with Crippen LogP contribution in [0.15, 0.2) is 49.1 Å². The van der Waals surface area contributed by atoms with E-state index < -0.39 is 11.2 Å². The Labute approximate surface area is 269 Å². The van der Waals surface area contributed by atoms with E-state index in [0.717, 1.165) is 53.8 Å². The van der Waals surface area contributed by atoms with Crippen molar-refractivity contribution in [2.75, 3.05) is 36.5 Å². The zero-order valence-electron chi connectivity index (χ0n) is 27.1. The van der Waals surface area contributed by atoms with Gasteiger partial charge in [-0.25, -0.2) is 14.4 Å². The molecule has 10 heteroatoms. The zero-order valence-corrected chi connectivity index (χ0v) is 27.1. The maximum absolute atomic E-state index is 14.7. The summed E-state index contributed by atoms with van der Waals surface area (Å²) in [5.74, 6) is 0.291. The Morgan fingerprint density at radius 2 is 1.87 bits per heavy atom. The van der Waals surface area contributed by atoms with Crippen molar-refractivity contribution in [2.45, 2.75) is 83.3 Å². The van der Waals surface area contributed by atoms with E-state index >= 15 is 0 Å². The average molecular weight is 624 g/mol. The summed E-state index contributed by atoms with van der Waals surface area (Å²) in [6, 6.07) is 10.8. The van der Waals surface area contributed by atoms with Crippen molar-refractivity contribution >= 4 is 34.1 Å². The van der Waals surface area contributed by atoms with Crippen molar-refractivity contribution in [3.8, 4) is 11.3 Å². The number of amides is 1. The number of fused-ring (bicyclic) bond motifs is 3. The van der Waals surface area contributed by atoms with E-state index in [1.807, 2.05) is 10.6 Å². The molecule has 240 valence electrons. The lowest BCUT2D eigenvalue weighted by Crippen LogP contribution is -2.57. The smallest absolute Gasteiger partial charge is 0.238 e. The highest BCUT2D eigenvalue weighted by Crippen LogP contribution is 2.52. The predicted molar refractivity (Wildman–Crippen MR) is 177 cm³/mol. The van der Waals surface area contributed by atoms with Gasteiger partial charge in [-0.15, -0.1) is 0 Å². The van der Waals surface area contributed by atoms with Gasteiger partial charge in [0.25, 0.3) is 0 Å². The van der Waals surface area contributed by atoms with Crippen LogP contribution in [0.25, 0.3) is 22.3 Å². The number of anilines is 3. The van der Waals surface area contributed by atoms with E-state index in [9.17, 15) is 9.18 Å². The lowest BCUT2D eigenvalue weighted by molar-refractivity contribution is -0.127. The van der Waals surface area contributed by atoms with Crippen molar-refractivity contribution in [3.05, 3.63) is 60.4 Å². The van der Waals surface area contributed by atoms with Gasteiger partial charge in [0.2, 0.25) is 5.91 Å². The first-order valence-corrected chi connectivity index (χ1v) is 16.7. The summed E-state index contributed by atoms with van der Waals surface area (Å²) >= 11 is 0. The molecule has 3 aromatic heterocycles. The summed E-state index contributed by atoms with van der Waals surface area (Å²) in [5, 5.41) is 3.23. The quantitative estimate of drug-likeness (QED) is 0.259. The average Bonchev–Trinajstić information content (AvgIpc) is 3.68. The van der Waals surface area contributed by atoms with Gasteiger partial charge in [0.1, 0.15) is 5.52 Å².